The van der Waals surface area contributed by atoms with Crippen LogP contribution in [0.2, 0.25) is 0 Å². The van der Waals surface area contributed by atoms with Crippen LogP contribution in [-0.2, 0) is 12.8 Å². The number of rotatable bonds is 9. The number of ether oxygens (including phenoxy) is 4. The molecule has 34 heavy (non-hydrogen) atoms. The summed E-state index contributed by atoms with van der Waals surface area (Å²) in [6.07, 6.45) is 6.78. The molecule has 0 radical (unpaired) electrons. The molecule has 2 aliphatic rings. The van der Waals surface area contributed by atoms with Crippen LogP contribution in [0.25, 0.3) is 0 Å². The predicted octanol–water partition coefficient (Wildman–Crippen LogP) is 5.04. The number of fused-ring (bicyclic) bond motifs is 2. The highest BCUT2D eigenvalue weighted by molar-refractivity contribution is 5.50. The van der Waals surface area contributed by atoms with E-state index in [0.29, 0.717) is 12.1 Å². The maximum atomic E-state index is 5.60. The number of nitrogens with zero attached hydrogens (tertiary/aromatic N) is 2. The van der Waals surface area contributed by atoms with Crippen molar-refractivity contribution in [3.05, 3.63) is 46.5 Å². The summed E-state index contributed by atoms with van der Waals surface area (Å²) in [5.74, 6) is 3.31. The van der Waals surface area contributed by atoms with Crippen LogP contribution in [-0.4, -0.2) is 65.4 Å². The molecule has 6 heteroatoms. The third-order valence-corrected chi connectivity index (χ3v) is 7.75. The Morgan fingerprint density at radius 3 is 1.32 bits per heavy atom. The molecule has 0 saturated carbocycles. The molecular weight excluding hydrogens is 428 g/mol. The fourth-order valence-corrected chi connectivity index (χ4v) is 5.73. The first-order chi connectivity index (χ1) is 16.5. The lowest BCUT2D eigenvalue weighted by atomic mass is 9.87. The van der Waals surface area contributed by atoms with E-state index in [-0.39, 0.29) is 0 Å². The fraction of sp³-hybridized carbons (Fsp3) is 0.571. The first-order valence-corrected chi connectivity index (χ1v) is 12.4. The zero-order chi connectivity index (χ0) is 24.2. The standard InChI is InChI=1S/C28H40N2O4/c1-29-13-11-19-15-25(31-3)27(33-5)17-21(19)23(29)9-7-8-10-24-22-18-28(34-6)26(32-4)16-20(22)12-14-30(24)2/h15-18,23-24H,7-14H2,1-6H3. The van der Waals surface area contributed by atoms with Crippen molar-refractivity contribution >= 4 is 0 Å². The fourth-order valence-electron chi connectivity index (χ4n) is 5.73. The summed E-state index contributed by atoms with van der Waals surface area (Å²) in [7, 11) is 11.3. The molecule has 0 spiro atoms. The SMILES string of the molecule is COc1cc2c(cc1OC)C(CCCCC1c3cc(OC)c(OC)cc3CCN1C)N(C)CC2. The summed E-state index contributed by atoms with van der Waals surface area (Å²) in [6.45, 7) is 2.15. The Balaban J connectivity index is 1.44. The zero-order valence-electron chi connectivity index (χ0n) is 21.6. The van der Waals surface area contributed by atoms with Gasteiger partial charge in [-0.3, -0.25) is 9.80 Å². The van der Waals surface area contributed by atoms with E-state index in [1.807, 2.05) is 0 Å². The molecule has 2 unspecified atom stereocenters. The highest BCUT2D eigenvalue weighted by atomic mass is 16.5. The molecule has 2 aliphatic heterocycles. The molecule has 0 aromatic heterocycles. The summed E-state index contributed by atoms with van der Waals surface area (Å²) >= 11 is 0. The summed E-state index contributed by atoms with van der Waals surface area (Å²) in [5.41, 5.74) is 5.57. The average Bonchev–Trinajstić information content (AvgIpc) is 2.86. The topological polar surface area (TPSA) is 43.4 Å². The van der Waals surface area contributed by atoms with Gasteiger partial charge in [-0.2, -0.15) is 0 Å². The maximum Gasteiger partial charge on any atom is 0.161 e. The molecule has 0 N–H and O–H groups in total. The molecule has 4 rings (SSSR count). The van der Waals surface area contributed by atoms with Crippen molar-refractivity contribution in [2.24, 2.45) is 0 Å². The molecule has 0 fully saturated rings. The average molecular weight is 469 g/mol. The second-order valence-electron chi connectivity index (χ2n) is 9.59. The van der Waals surface area contributed by atoms with Crippen molar-refractivity contribution in [3.63, 3.8) is 0 Å². The monoisotopic (exact) mass is 468 g/mol. The lowest BCUT2D eigenvalue weighted by Crippen LogP contribution is -2.33. The van der Waals surface area contributed by atoms with Gasteiger partial charge in [0.15, 0.2) is 23.0 Å². The largest absolute Gasteiger partial charge is 0.493 e. The van der Waals surface area contributed by atoms with E-state index in [1.165, 1.54) is 35.1 Å². The minimum Gasteiger partial charge on any atom is -0.493 e. The van der Waals surface area contributed by atoms with Gasteiger partial charge in [0.05, 0.1) is 28.4 Å². The van der Waals surface area contributed by atoms with Gasteiger partial charge in [0.1, 0.15) is 0 Å². The maximum absolute atomic E-state index is 5.60. The van der Waals surface area contributed by atoms with Gasteiger partial charge in [0.2, 0.25) is 0 Å². The first kappa shape index (κ1) is 24.7. The third kappa shape index (κ3) is 4.84. The van der Waals surface area contributed by atoms with E-state index in [2.05, 4.69) is 48.2 Å². The van der Waals surface area contributed by atoms with Gasteiger partial charge in [-0.15, -0.1) is 0 Å². The lowest BCUT2D eigenvalue weighted by Gasteiger charge is -2.36. The number of methoxy groups -OCH3 is 4. The van der Waals surface area contributed by atoms with Crippen molar-refractivity contribution in [2.75, 3.05) is 55.6 Å². The summed E-state index contributed by atoms with van der Waals surface area (Å²) in [5, 5.41) is 0. The van der Waals surface area contributed by atoms with Crippen LogP contribution in [0, 0.1) is 0 Å². The number of hydrogen-bond acceptors (Lipinski definition) is 6. The Labute approximate surface area is 204 Å². The van der Waals surface area contributed by atoms with Gasteiger partial charge in [0, 0.05) is 25.2 Å². The van der Waals surface area contributed by atoms with Gasteiger partial charge in [0.25, 0.3) is 0 Å². The molecule has 2 atom stereocenters. The number of unbranched alkanes of at least 4 members (excludes halogenated alkanes) is 1. The van der Waals surface area contributed by atoms with Crippen molar-refractivity contribution < 1.29 is 18.9 Å². The van der Waals surface area contributed by atoms with E-state index in [4.69, 9.17) is 18.9 Å². The zero-order valence-corrected chi connectivity index (χ0v) is 21.6. The molecule has 0 aliphatic carbocycles. The van der Waals surface area contributed by atoms with Crippen LogP contribution in [0.1, 0.15) is 60.0 Å². The Hall–Kier alpha value is -2.44. The van der Waals surface area contributed by atoms with E-state index >= 15 is 0 Å². The molecule has 0 bridgehead atoms. The van der Waals surface area contributed by atoms with Gasteiger partial charge in [-0.25, -0.2) is 0 Å². The molecule has 2 heterocycles. The highest BCUT2D eigenvalue weighted by Crippen LogP contribution is 2.41. The van der Waals surface area contributed by atoms with Gasteiger partial charge in [-0.1, -0.05) is 12.8 Å². The summed E-state index contributed by atoms with van der Waals surface area (Å²) < 4.78 is 22.3. The smallest absolute Gasteiger partial charge is 0.161 e. The van der Waals surface area contributed by atoms with Gasteiger partial charge >= 0.3 is 0 Å². The van der Waals surface area contributed by atoms with E-state index in [0.717, 1.165) is 61.8 Å². The minimum atomic E-state index is 0.421. The minimum absolute atomic E-state index is 0.421. The van der Waals surface area contributed by atoms with Crippen molar-refractivity contribution in [3.8, 4) is 23.0 Å². The second-order valence-corrected chi connectivity index (χ2v) is 9.59. The Kier molecular flexibility index (Phi) is 7.89. The molecule has 2 aromatic rings. The second kappa shape index (κ2) is 10.9. The predicted molar refractivity (Wildman–Crippen MR) is 136 cm³/mol. The van der Waals surface area contributed by atoms with Crippen LogP contribution in [0.3, 0.4) is 0 Å². The molecule has 186 valence electrons. The quantitative estimate of drug-likeness (QED) is 0.481. The van der Waals surface area contributed by atoms with Crippen LogP contribution in [0.4, 0.5) is 0 Å². The van der Waals surface area contributed by atoms with Crippen molar-refractivity contribution in [2.45, 2.75) is 50.6 Å². The Morgan fingerprint density at radius 2 is 0.971 bits per heavy atom. The lowest BCUT2D eigenvalue weighted by molar-refractivity contribution is 0.198. The van der Waals surface area contributed by atoms with Gasteiger partial charge < -0.3 is 18.9 Å². The van der Waals surface area contributed by atoms with E-state index in [1.54, 1.807) is 28.4 Å². The van der Waals surface area contributed by atoms with Crippen LogP contribution >= 0.6 is 0 Å². The molecule has 6 nitrogen and oxygen atoms in total. The van der Waals surface area contributed by atoms with Gasteiger partial charge in [-0.05, 0) is 86.3 Å². The molecule has 2 aromatic carbocycles. The highest BCUT2D eigenvalue weighted by Gasteiger charge is 2.28. The normalized spacial score (nSPS) is 20.4. The first-order valence-electron chi connectivity index (χ1n) is 12.4. The Morgan fingerprint density at radius 1 is 0.618 bits per heavy atom. The van der Waals surface area contributed by atoms with E-state index < -0.39 is 0 Å². The number of hydrogen-bond donors (Lipinski definition) is 0. The van der Waals surface area contributed by atoms with E-state index in [9.17, 15) is 0 Å². The van der Waals surface area contributed by atoms with Crippen LogP contribution < -0.4 is 18.9 Å². The number of benzene rings is 2. The molecule has 0 saturated heterocycles. The Bertz CT molecular complexity index is 913. The van der Waals surface area contributed by atoms with Crippen LogP contribution in [0.15, 0.2) is 24.3 Å². The van der Waals surface area contributed by atoms with Crippen molar-refractivity contribution in [1.29, 1.82) is 0 Å². The van der Waals surface area contributed by atoms with Crippen molar-refractivity contribution in [1.82, 2.24) is 9.80 Å². The molecular formula is C28H40N2O4. The number of likely N-dealkylation sites (N-methyl/N-ethyl adjacent to an activating group) is 2. The molecule has 0 amide bonds. The summed E-state index contributed by atoms with van der Waals surface area (Å²) in [4.78, 5) is 4.99. The third-order valence-electron chi connectivity index (χ3n) is 7.75. The summed E-state index contributed by atoms with van der Waals surface area (Å²) in [6, 6.07) is 9.57. The van der Waals surface area contributed by atoms with Crippen LogP contribution in [0.5, 0.6) is 23.0 Å².